The Morgan fingerprint density at radius 2 is 1.95 bits per heavy atom. The van der Waals surface area contributed by atoms with Crippen LogP contribution in [0.4, 0.5) is 0 Å². The second kappa shape index (κ2) is 7.71. The average Bonchev–Trinajstić information content (AvgIpc) is 2.51. The zero-order valence-electron chi connectivity index (χ0n) is 12.1. The van der Waals surface area contributed by atoms with Gasteiger partial charge in [0.05, 0.1) is 18.2 Å². The number of hydrogen-bond donors (Lipinski definition) is 2. The molecule has 1 unspecified atom stereocenters. The maximum atomic E-state index is 6.05. The topological polar surface area (TPSA) is 47.3 Å². The molecule has 2 rings (SSSR count). The van der Waals surface area contributed by atoms with Crippen LogP contribution in [-0.4, -0.2) is 12.9 Å². The van der Waals surface area contributed by atoms with Crippen molar-refractivity contribution >= 4 is 23.4 Å². The molecule has 5 heteroatoms. The number of benzene rings is 2. The highest BCUT2D eigenvalue weighted by Crippen LogP contribution is 2.30. The second-order valence-electron chi connectivity index (χ2n) is 4.74. The first kappa shape index (κ1) is 16.2. The molecule has 0 spiro atoms. The Labute approximate surface area is 134 Å². The van der Waals surface area contributed by atoms with E-state index in [1.54, 1.807) is 18.9 Å². The van der Waals surface area contributed by atoms with Gasteiger partial charge in [-0.2, -0.15) is 0 Å². The van der Waals surface area contributed by atoms with Gasteiger partial charge in [-0.1, -0.05) is 35.4 Å². The number of thioether (sulfide) groups is 1. The van der Waals surface area contributed by atoms with Crippen LogP contribution in [0.25, 0.3) is 0 Å². The highest BCUT2D eigenvalue weighted by molar-refractivity contribution is 7.99. The predicted octanol–water partition coefficient (Wildman–Crippen LogP) is 3.95. The molecule has 0 fully saturated rings. The summed E-state index contributed by atoms with van der Waals surface area (Å²) in [5.41, 5.74) is 5.16. The molecule has 3 N–H and O–H groups in total. The molecular formula is C16H19ClN2OS. The summed E-state index contributed by atoms with van der Waals surface area (Å²) in [7, 11) is 1.61. The van der Waals surface area contributed by atoms with Gasteiger partial charge in [0, 0.05) is 10.6 Å². The van der Waals surface area contributed by atoms with E-state index in [0.717, 1.165) is 11.3 Å². The number of nitrogens with one attached hydrogen (secondary N) is 1. The van der Waals surface area contributed by atoms with Crippen LogP contribution in [0.1, 0.15) is 17.2 Å². The molecular weight excluding hydrogens is 304 g/mol. The Morgan fingerprint density at radius 1 is 1.24 bits per heavy atom. The molecule has 0 aromatic heterocycles. The summed E-state index contributed by atoms with van der Waals surface area (Å²) < 4.78 is 5.25. The van der Waals surface area contributed by atoms with E-state index in [9.17, 15) is 0 Å². The molecule has 112 valence electrons. The maximum absolute atomic E-state index is 6.05. The van der Waals surface area contributed by atoms with Gasteiger partial charge >= 0.3 is 0 Å². The second-order valence-corrected chi connectivity index (χ2v) is 6.24. The summed E-state index contributed by atoms with van der Waals surface area (Å²) in [4.78, 5) is 1.22. The van der Waals surface area contributed by atoms with Crippen LogP contribution in [0.15, 0.2) is 47.4 Å². The van der Waals surface area contributed by atoms with E-state index in [-0.39, 0.29) is 6.04 Å². The van der Waals surface area contributed by atoms with Crippen molar-refractivity contribution in [1.82, 2.24) is 5.43 Å². The lowest BCUT2D eigenvalue weighted by atomic mass is 10.1. The summed E-state index contributed by atoms with van der Waals surface area (Å²) in [6.07, 6.45) is 0. The largest absolute Gasteiger partial charge is 0.495 e. The first-order valence-corrected chi connectivity index (χ1v) is 7.99. The normalized spacial score (nSPS) is 12.2. The zero-order valence-corrected chi connectivity index (χ0v) is 13.7. The van der Waals surface area contributed by atoms with E-state index in [2.05, 4.69) is 36.6 Å². The van der Waals surface area contributed by atoms with Gasteiger partial charge in [0.25, 0.3) is 0 Å². The SMILES string of the molecule is COc1cc(C(CSc2ccc(C)cc2)NN)ccc1Cl. The lowest BCUT2D eigenvalue weighted by molar-refractivity contribution is 0.413. The van der Waals surface area contributed by atoms with Gasteiger partial charge in [0.15, 0.2) is 0 Å². The minimum Gasteiger partial charge on any atom is -0.495 e. The van der Waals surface area contributed by atoms with E-state index in [1.165, 1.54) is 10.5 Å². The number of hydrazine groups is 1. The van der Waals surface area contributed by atoms with Crippen LogP contribution < -0.4 is 16.0 Å². The van der Waals surface area contributed by atoms with Gasteiger partial charge in [-0.25, -0.2) is 0 Å². The molecule has 21 heavy (non-hydrogen) atoms. The fourth-order valence-electron chi connectivity index (χ4n) is 1.95. The Bertz CT molecular complexity index is 589. The Balaban J connectivity index is 2.07. The van der Waals surface area contributed by atoms with Crippen molar-refractivity contribution in [3.63, 3.8) is 0 Å². The van der Waals surface area contributed by atoms with Crippen molar-refractivity contribution in [1.29, 1.82) is 0 Å². The van der Waals surface area contributed by atoms with Crippen LogP contribution >= 0.6 is 23.4 Å². The lowest BCUT2D eigenvalue weighted by Gasteiger charge is -2.17. The van der Waals surface area contributed by atoms with E-state index in [1.807, 2.05) is 18.2 Å². The first-order valence-electron chi connectivity index (χ1n) is 6.63. The van der Waals surface area contributed by atoms with Gasteiger partial charge in [0.1, 0.15) is 5.75 Å². The molecule has 2 aromatic carbocycles. The fraction of sp³-hybridized carbons (Fsp3) is 0.250. The minimum atomic E-state index is 0.0301. The van der Waals surface area contributed by atoms with Crippen molar-refractivity contribution < 1.29 is 4.74 Å². The van der Waals surface area contributed by atoms with Gasteiger partial charge in [0.2, 0.25) is 0 Å². The van der Waals surface area contributed by atoms with E-state index in [0.29, 0.717) is 10.8 Å². The third-order valence-electron chi connectivity index (χ3n) is 3.22. The standard InChI is InChI=1S/C16H19ClN2OS/c1-11-3-6-13(7-4-11)21-10-15(19-18)12-5-8-14(17)16(9-12)20-2/h3-9,15,19H,10,18H2,1-2H3. The van der Waals surface area contributed by atoms with Crippen LogP contribution in [0.2, 0.25) is 5.02 Å². The maximum Gasteiger partial charge on any atom is 0.137 e. The quantitative estimate of drug-likeness (QED) is 0.480. The highest BCUT2D eigenvalue weighted by Gasteiger charge is 2.12. The van der Waals surface area contributed by atoms with Crippen molar-refractivity contribution in [3.8, 4) is 5.75 Å². The number of aryl methyl sites for hydroxylation is 1. The molecule has 0 bridgehead atoms. The first-order chi connectivity index (χ1) is 10.1. The van der Waals surface area contributed by atoms with Crippen LogP contribution in [0.3, 0.4) is 0 Å². The van der Waals surface area contributed by atoms with Gasteiger partial charge in [-0.3, -0.25) is 11.3 Å². The lowest BCUT2D eigenvalue weighted by Crippen LogP contribution is -2.29. The van der Waals surface area contributed by atoms with Crippen molar-refractivity contribution in [3.05, 3.63) is 58.6 Å². The van der Waals surface area contributed by atoms with Crippen molar-refractivity contribution in [2.24, 2.45) is 5.84 Å². The minimum absolute atomic E-state index is 0.0301. The van der Waals surface area contributed by atoms with Crippen LogP contribution in [-0.2, 0) is 0 Å². The monoisotopic (exact) mass is 322 g/mol. The summed E-state index contributed by atoms with van der Waals surface area (Å²) >= 11 is 7.81. The summed E-state index contributed by atoms with van der Waals surface area (Å²) in [6, 6.07) is 14.2. The Morgan fingerprint density at radius 3 is 2.57 bits per heavy atom. The molecule has 0 aliphatic rings. The number of hydrogen-bond acceptors (Lipinski definition) is 4. The third-order valence-corrected chi connectivity index (χ3v) is 4.63. The Hall–Kier alpha value is -1.20. The molecule has 0 aliphatic heterocycles. The van der Waals surface area contributed by atoms with E-state index >= 15 is 0 Å². The number of rotatable bonds is 6. The molecule has 0 amide bonds. The molecule has 0 saturated heterocycles. The molecule has 2 aromatic rings. The fourth-order valence-corrected chi connectivity index (χ4v) is 3.12. The smallest absolute Gasteiger partial charge is 0.137 e. The molecule has 3 nitrogen and oxygen atoms in total. The third kappa shape index (κ3) is 4.38. The van der Waals surface area contributed by atoms with Gasteiger partial charge in [-0.15, -0.1) is 11.8 Å². The summed E-state index contributed by atoms with van der Waals surface area (Å²) in [6.45, 7) is 2.08. The molecule has 1 atom stereocenters. The predicted molar refractivity (Wildman–Crippen MR) is 90.0 cm³/mol. The molecule has 0 heterocycles. The van der Waals surface area contributed by atoms with E-state index < -0.39 is 0 Å². The van der Waals surface area contributed by atoms with Crippen LogP contribution in [0.5, 0.6) is 5.75 Å². The number of ether oxygens (including phenoxy) is 1. The van der Waals surface area contributed by atoms with Crippen molar-refractivity contribution in [2.45, 2.75) is 17.9 Å². The van der Waals surface area contributed by atoms with E-state index in [4.69, 9.17) is 22.2 Å². The molecule has 0 aliphatic carbocycles. The highest BCUT2D eigenvalue weighted by atomic mass is 35.5. The van der Waals surface area contributed by atoms with Gasteiger partial charge in [-0.05, 0) is 36.8 Å². The number of nitrogens with two attached hydrogens (primary N) is 1. The van der Waals surface area contributed by atoms with Gasteiger partial charge < -0.3 is 4.74 Å². The van der Waals surface area contributed by atoms with Crippen LogP contribution in [0, 0.1) is 6.92 Å². The summed E-state index contributed by atoms with van der Waals surface area (Å²) in [5, 5.41) is 0.600. The molecule has 0 radical (unpaired) electrons. The van der Waals surface area contributed by atoms with Crippen molar-refractivity contribution in [2.75, 3.05) is 12.9 Å². The average molecular weight is 323 g/mol. The Kier molecular flexibility index (Phi) is 5.94. The number of methoxy groups -OCH3 is 1. The molecule has 0 saturated carbocycles. The summed E-state index contributed by atoms with van der Waals surface area (Å²) in [5.74, 6) is 7.17. The zero-order chi connectivity index (χ0) is 15.2. The number of halogens is 1.